The smallest absolute Gasteiger partial charge is 0.0237 e. The molecule has 112 valence electrons. The van der Waals surface area contributed by atoms with E-state index in [2.05, 4.69) is 56.1 Å². The summed E-state index contributed by atoms with van der Waals surface area (Å²) >= 11 is 0. The topological polar surface area (TPSA) is 15.3 Å². The molecule has 1 N–H and O–H groups in total. The molecule has 20 heavy (non-hydrogen) atoms. The van der Waals surface area contributed by atoms with E-state index in [-0.39, 0.29) is 0 Å². The van der Waals surface area contributed by atoms with Gasteiger partial charge < -0.3 is 5.32 Å². The number of hydrogen-bond donors (Lipinski definition) is 1. The lowest BCUT2D eigenvalue weighted by Crippen LogP contribution is -2.46. The van der Waals surface area contributed by atoms with E-state index in [1.54, 1.807) is 0 Å². The first kappa shape index (κ1) is 15.5. The molecule has 0 aromatic heterocycles. The van der Waals surface area contributed by atoms with Gasteiger partial charge in [0.25, 0.3) is 0 Å². The minimum absolute atomic E-state index is 0.584. The van der Waals surface area contributed by atoms with E-state index < -0.39 is 0 Å². The van der Waals surface area contributed by atoms with Crippen LogP contribution in [0, 0.1) is 13.8 Å². The van der Waals surface area contributed by atoms with E-state index in [0.717, 1.165) is 13.1 Å². The Hall–Kier alpha value is -0.860. The molecule has 1 fully saturated rings. The van der Waals surface area contributed by atoms with Crippen LogP contribution in [0.25, 0.3) is 0 Å². The van der Waals surface area contributed by atoms with Gasteiger partial charge in [-0.3, -0.25) is 4.90 Å². The van der Waals surface area contributed by atoms with Gasteiger partial charge in [-0.1, -0.05) is 38.5 Å². The van der Waals surface area contributed by atoms with Gasteiger partial charge >= 0.3 is 0 Å². The minimum Gasteiger partial charge on any atom is -0.313 e. The van der Waals surface area contributed by atoms with Crippen LogP contribution in [0.5, 0.6) is 0 Å². The van der Waals surface area contributed by atoms with Gasteiger partial charge in [-0.2, -0.15) is 0 Å². The number of aryl methyl sites for hydroxylation is 2. The van der Waals surface area contributed by atoms with Crippen LogP contribution in [-0.2, 0) is 6.54 Å². The van der Waals surface area contributed by atoms with Crippen LogP contribution in [-0.4, -0.2) is 30.1 Å². The zero-order valence-corrected chi connectivity index (χ0v) is 13.6. The second-order valence-corrected chi connectivity index (χ2v) is 6.60. The third-order valence-electron chi connectivity index (χ3n) is 4.47. The summed E-state index contributed by atoms with van der Waals surface area (Å²) in [5.41, 5.74) is 4.27. The minimum atomic E-state index is 0.584. The summed E-state index contributed by atoms with van der Waals surface area (Å²) in [5.74, 6) is 0. The predicted octanol–water partition coefficient (Wildman–Crippen LogP) is 3.66. The van der Waals surface area contributed by atoms with Crippen molar-refractivity contribution in [3.05, 3.63) is 34.9 Å². The second-order valence-electron chi connectivity index (χ2n) is 6.60. The van der Waals surface area contributed by atoms with Crippen LogP contribution in [0.3, 0.4) is 0 Å². The number of benzene rings is 1. The maximum atomic E-state index is 3.61. The first-order chi connectivity index (χ1) is 9.56. The Kier molecular flexibility index (Phi) is 5.62. The molecule has 2 heteroatoms. The molecule has 2 rings (SSSR count). The van der Waals surface area contributed by atoms with Crippen molar-refractivity contribution >= 4 is 0 Å². The fourth-order valence-corrected chi connectivity index (χ4v) is 3.01. The molecular formula is C18H30N2. The zero-order chi connectivity index (χ0) is 14.5. The van der Waals surface area contributed by atoms with Gasteiger partial charge in [0, 0.05) is 25.2 Å². The number of likely N-dealkylation sites (tertiary alicyclic amines) is 1. The second kappa shape index (κ2) is 7.24. The Bertz CT molecular complexity index is 425. The number of piperidine rings is 1. The van der Waals surface area contributed by atoms with Crippen LogP contribution in [0.4, 0.5) is 0 Å². The Morgan fingerprint density at radius 3 is 2.70 bits per heavy atom. The van der Waals surface area contributed by atoms with E-state index in [1.165, 1.54) is 42.5 Å². The van der Waals surface area contributed by atoms with Crippen molar-refractivity contribution in [1.29, 1.82) is 0 Å². The Balaban J connectivity index is 1.98. The lowest BCUT2D eigenvalue weighted by molar-refractivity contribution is 0.135. The molecule has 1 atom stereocenters. The molecule has 2 nitrogen and oxygen atoms in total. The maximum Gasteiger partial charge on any atom is 0.0237 e. The van der Waals surface area contributed by atoms with Crippen LogP contribution in [0.15, 0.2) is 18.2 Å². The Morgan fingerprint density at radius 1 is 1.20 bits per heavy atom. The molecule has 1 aliphatic rings. The van der Waals surface area contributed by atoms with Gasteiger partial charge in [-0.05, 0) is 49.9 Å². The molecule has 1 saturated heterocycles. The third-order valence-corrected chi connectivity index (χ3v) is 4.47. The van der Waals surface area contributed by atoms with Crippen molar-refractivity contribution in [2.75, 3.05) is 13.1 Å². The molecule has 1 aromatic rings. The summed E-state index contributed by atoms with van der Waals surface area (Å²) in [4.78, 5) is 2.67. The summed E-state index contributed by atoms with van der Waals surface area (Å²) in [6.45, 7) is 12.3. The zero-order valence-electron chi connectivity index (χ0n) is 13.6. The summed E-state index contributed by atoms with van der Waals surface area (Å²) < 4.78 is 0. The van der Waals surface area contributed by atoms with E-state index >= 15 is 0 Å². The number of rotatable bonds is 5. The summed E-state index contributed by atoms with van der Waals surface area (Å²) in [5, 5.41) is 3.61. The molecule has 1 heterocycles. The van der Waals surface area contributed by atoms with Crippen LogP contribution in [0.1, 0.15) is 49.8 Å². The average Bonchev–Trinajstić information content (AvgIpc) is 2.42. The maximum absolute atomic E-state index is 3.61. The lowest BCUT2D eigenvalue weighted by atomic mass is 9.99. The van der Waals surface area contributed by atoms with Crippen LogP contribution < -0.4 is 5.32 Å². The monoisotopic (exact) mass is 274 g/mol. The lowest BCUT2D eigenvalue weighted by Gasteiger charge is -2.36. The molecule has 1 unspecified atom stereocenters. The average molecular weight is 274 g/mol. The first-order valence-electron chi connectivity index (χ1n) is 8.10. The molecule has 1 aromatic carbocycles. The van der Waals surface area contributed by atoms with E-state index in [0.29, 0.717) is 12.1 Å². The van der Waals surface area contributed by atoms with E-state index in [4.69, 9.17) is 0 Å². The molecule has 1 aliphatic heterocycles. The Morgan fingerprint density at radius 2 is 2.00 bits per heavy atom. The van der Waals surface area contributed by atoms with E-state index in [9.17, 15) is 0 Å². The third kappa shape index (κ3) is 4.32. The van der Waals surface area contributed by atoms with Crippen molar-refractivity contribution < 1.29 is 0 Å². The molecule has 0 spiro atoms. The van der Waals surface area contributed by atoms with Crippen molar-refractivity contribution in [1.82, 2.24) is 10.2 Å². The van der Waals surface area contributed by atoms with Gasteiger partial charge in [0.1, 0.15) is 0 Å². The molecule has 0 bridgehead atoms. The van der Waals surface area contributed by atoms with Crippen molar-refractivity contribution in [3.63, 3.8) is 0 Å². The van der Waals surface area contributed by atoms with Crippen molar-refractivity contribution in [2.45, 2.75) is 65.6 Å². The van der Waals surface area contributed by atoms with Gasteiger partial charge in [-0.25, -0.2) is 0 Å². The van der Waals surface area contributed by atoms with Gasteiger partial charge in [0.05, 0.1) is 0 Å². The highest BCUT2D eigenvalue weighted by Gasteiger charge is 2.22. The first-order valence-corrected chi connectivity index (χ1v) is 8.10. The SMILES string of the molecule is Cc1ccc(CN2CCCCC2CNC(C)C)cc1C. The van der Waals surface area contributed by atoms with Crippen molar-refractivity contribution in [3.8, 4) is 0 Å². The van der Waals surface area contributed by atoms with E-state index in [1.807, 2.05) is 0 Å². The number of nitrogens with one attached hydrogen (secondary N) is 1. The molecular weight excluding hydrogens is 244 g/mol. The summed E-state index contributed by atoms with van der Waals surface area (Å²) in [6.07, 6.45) is 4.07. The molecule has 0 amide bonds. The van der Waals surface area contributed by atoms with Gasteiger partial charge in [0.2, 0.25) is 0 Å². The van der Waals surface area contributed by atoms with Crippen molar-refractivity contribution in [2.24, 2.45) is 0 Å². The number of nitrogens with zero attached hydrogens (tertiary/aromatic N) is 1. The van der Waals surface area contributed by atoms with Crippen LogP contribution in [0.2, 0.25) is 0 Å². The highest BCUT2D eigenvalue weighted by Crippen LogP contribution is 2.20. The van der Waals surface area contributed by atoms with Crippen LogP contribution >= 0.6 is 0 Å². The Labute approximate surface area is 124 Å². The fraction of sp³-hybridized carbons (Fsp3) is 0.667. The highest BCUT2D eigenvalue weighted by molar-refractivity contribution is 5.29. The summed E-state index contributed by atoms with van der Waals surface area (Å²) in [6, 6.07) is 8.20. The normalized spacial score (nSPS) is 20.6. The molecule has 0 saturated carbocycles. The number of hydrogen-bond acceptors (Lipinski definition) is 2. The standard InChI is InChI=1S/C18H30N2/c1-14(2)19-12-18-7-5-6-10-20(18)13-17-9-8-15(3)16(4)11-17/h8-9,11,14,18-19H,5-7,10,12-13H2,1-4H3. The molecule has 0 aliphatic carbocycles. The molecule has 0 radical (unpaired) electrons. The largest absolute Gasteiger partial charge is 0.313 e. The highest BCUT2D eigenvalue weighted by atomic mass is 15.2. The van der Waals surface area contributed by atoms with Gasteiger partial charge in [0.15, 0.2) is 0 Å². The quantitative estimate of drug-likeness (QED) is 0.881. The predicted molar refractivity (Wildman–Crippen MR) is 87.1 cm³/mol. The summed E-state index contributed by atoms with van der Waals surface area (Å²) in [7, 11) is 0. The van der Waals surface area contributed by atoms with Gasteiger partial charge in [-0.15, -0.1) is 0 Å². The fourth-order valence-electron chi connectivity index (χ4n) is 3.01.